The summed E-state index contributed by atoms with van der Waals surface area (Å²) in [5, 5.41) is 9.43. The van der Waals surface area contributed by atoms with Gasteiger partial charge in [-0.25, -0.2) is 0 Å². The van der Waals surface area contributed by atoms with Gasteiger partial charge in [0.25, 0.3) is 5.91 Å². The van der Waals surface area contributed by atoms with Crippen LogP contribution in [0.1, 0.15) is 49.4 Å². The maximum Gasteiger partial charge on any atom is 0.307 e. The van der Waals surface area contributed by atoms with Crippen LogP contribution in [0, 0.1) is 23.7 Å². The smallest absolute Gasteiger partial charge is 0.307 e. The molecule has 146 valence electrons. The van der Waals surface area contributed by atoms with Gasteiger partial charge in [-0.15, -0.1) is 0 Å². The number of unbranched alkanes of at least 4 members (excludes halogenated alkanes) is 1. The summed E-state index contributed by atoms with van der Waals surface area (Å²) in [6.45, 7) is 2.72. The van der Waals surface area contributed by atoms with Crippen LogP contribution in [0.3, 0.4) is 0 Å². The van der Waals surface area contributed by atoms with Crippen LogP contribution >= 0.6 is 0 Å². The highest BCUT2D eigenvalue weighted by Crippen LogP contribution is 2.52. The summed E-state index contributed by atoms with van der Waals surface area (Å²) in [5.74, 6) is -2.16. The van der Waals surface area contributed by atoms with Gasteiger partial charge in [0.05, 0.1) is 18.4 Å². The standard InChI is InChI=1S/C20H26N2O5/c1-2-3-10-27-15-8-6-12(7-9-15)18(23)21-22-19(24)16-13-4-5-14(11-13)17(16)20(25)26/h6-9,13-14,16-17H,2-5,10-11H2,1H3,(H,21,23)(H,22,24)(H,25,26)/t13-,14+,16-,17+/m1/s1. The number of carboxylic acids is 1. The molecule has 0 radical (unpaired) electrons. The van der Waals surface area contributed by atoms with Gasteiger partial charge in [-0.2, -0.15) is 0 Å². The van der Waals surface area contributed by atoms with E-state index < -0.39 is 29.6 Å². The molecule has 2 saturated carbocycles. The van der Waals surface area contributed by atoms with E-state index in [4.69, 9.17) is 4.74 Å². The first kappa shape index (κ1) is 19.2. The highest BCUT2D eigenvalue weighted by molar-refractivity contribution is 5.96. The number of carboxylic acid groups (broad SMARTS) is 1. The van der Waals surface area contributed by atoms with Crippen LogP contribution in [0.15, 0.2) is 24.3 Å². The highest BCUT2D eigenvalue weighted by Gasteiger charge is 2.54. The zero-order chi connectivity index (χ0) is 19.4. The van der Waals surface area contributed by atoms with Crippen molar-refractivity contribution in [2.75, 3.05) is 6.61 Å². The molecule has 0 spiro atoms. The molecular formula is C20H26N2O5. The Morgan fingerprint density at radius 3 is 2.37 bits per heavy atom. The third kappa shape index (κ3) is 4.23. The SMILES string of the molecule is CCCCOc1ccc(C(=O)NNC(=O)[C@@H]2[C@@H]3CC[C@@H](C3)[C@@H]2C(=O)O)cc1. The van der Waals surface area contributed by atoms with Crippen LogP contribution < -0.4 is 15.6 Å². The van der Waals surface area contributed by atoms with Crippen molar-refractivity contribution in [3.05, 3.63) is 29.8 Å². The summed E-state index contributed by atoms with van der Waals surface area (Å²) in [6, 6.07) is 6.67. The maximum atomic E-state index is 12.5. The van der Waals surface area contributed by atoms with E-state index in [-0.39, 0.29) is 11.8 Å². The van der Waals surface area contributed by atoms with Crippen LogP contribution in [-0.4, -0.2) is 29.5 Å². The van der Waals surface area contributed by atoms with Gasteiger partial charge in [-0.1, -0.05) is 13.3 Å². The second-order valence-electron chi connectivity index (χ2n) is 7.39. The fourth-order valence-corrected chi connectivity index (χ4v) is 4.33. The number of carbonyl (C=O) groups excluding carboxylic acids is 2. The average Bonchev–Trinajstić information content (AvgIpc) is 3.28. The lowest BCUT2D eigenvalue weighted by atomic mass is 9.79. The molecule has 3 rings (SSSR count). The van der Waals surface area contributed by atoms with Crippen LogP contribution in [0.4, 0.5) is 0 Å². The van der Waals surface area contributed by atoms with Crippen molar-refractivity contribution in [2.45, 2.75) is 39.0 Å². The van der Waals surface area contributed by atoms with Crippen LogP contribution in [0.2, 0.25) is 0 Å². The zero-order valence-electron chi connectivity index (χ0n) is 15.4. The first-order chi connectivity index (χ1) is 13.0. The van der Waals surface area contributed by atoms with Crippen LogP contribution in [-0.2, 0) is 9.59 Å². The Morgan fingerprint density at radius 2 is 1.74 bits per heavy atom. The second-order valence-corrected chi connectivity index (χ2v) is 7.39. The number of amides is 2. The molecule has 0 unspecified atom stereocenters. The van der Waals surface area contributed by atoms with E-state index in [1.165, 1.54) is 0 Å². The Bertz CT molecular complexity index is 703. The zero-order valence-corrected chi connectivity index (χ0v) is 15.4. The molecule has 27 heavy (non-hydrogen) atoms. The van der Waals surface area contributed by atoms with Gasteiger partial charge in [0.2, 0.25) is 5.91 Å². The summed E-state index contributed by atoms with van der Waals surface area (Å²) in [6.07, 6.45) is 4.53. The minimum Gasteiger partial charge on any atom is -0.494 e. The third-order valence-corrected chi connectivity index (χ3v) is 5.69. The third-order valence-electron chi connectivity index (χ3n) is 5.69. The molecule has 0 heterocycles. The molecule has 7 nitrogen and oxygen atoms in total. The summed E-state index contributed by atoms with van der Waals surface area (Å²) in [4.78, 5) is 36.2. The normalized spacial score (nSPS) is 25.8. The van der Waals surface area contributed by atoms with E-state index in [2.05, 4.69) is 17.8 Å². The molecule has 0 aromatic heterocycles. The summed E-state index contributed by atoms with van der Waals surface area (Å²) in [7, 11) is 0. The molecular weight excluding hydrogens is 348 g/mol. The second kappa shape index (κ2) is 8.41. The Labute approximate surface area is 158 Å². The first-order valence-electron chi connectivity index (χ1n) is 9.57. The number of hydrazine groups is 1. The van der Waals surface area contributed by atoms with E-state index >= 15 is 0 Å². The Morgan fingerprint density at radius 1 is 1.07 bits per heavy atom. The quantitative estimate of drug-likeness (QED) is 0.502. The topological polar surface area (TPSA) is 105 Å². The van der Waals surface area contributed by atoms with E-state index in [0.29, 0.717) is 17.9 Å². The molecule has 1 aromatic rings. The molecule has 4 atom stereocenters. The molecule has 2 aliphatic rings. The van der Waals surface area contributed by atoms with Crippen LogP contribution in [0.25, 0.3) is 0 Å². The van der Waals surface area contributed by atoms with Crippen molar-refractivity contribution in [1.82, 2.24) is 10.9 Å². The van der Waals surface area contributed by atoms with Crippen molar-refractivity contribution < 1.29 is 24.2 Å². The molecule has 3 N–H and O–H groups in total. The number of benzene rings is 1. The Kier molecular flexibility index (Phi) is 5.98. The molecule has 1 aromatic carbocycles. The van der Waals surface area contributed by atoms with Crippen molar-refractivity contribution in [3.63, 3.8) is 0 Å². The number of hydrogen-bond acceptors (Lipinski definition) is 4. The van der Waals surface area contributed by atoms with Crippen molar-refractivity contribution in [3.8, 4) is 5.75 Å². The molecule has 2 amide bonds. The lowest BCUT2D eigenvalue weighted by Gasteiger charge is -2.26. The molecule has 0 aliphatic heterocycles. The minimum atomic E-state index is -0.924. The predicted molar refractivity (Wildman–Crippen MR) is 97.9 cm³/mol. The van der Waals surface area contributed by atoms with E-state index in [1.54, 1.807) is 24.3 Å². The number of aliphatic carboxylic acids is 1. The van der Waals surface area contributed by atoms with Gasteiger partial charge in [-0.3, -0.25) is 25.2 Å². The van der Waals surface area contributed by atoms with Gasteiger partial charge in [0.1, 0.15) is 5.75 Å². The highest BCUT2D eigenvalue weighted by atomic mass is 16.5. The molecule has 2 bridgehead atoms. The van der Waals surface area contributed by atoms with E-state index in [9.17, 15) is 19.5 Å². The van der Waals surface area contributed by atoms with E-state index in [1.807, 2.05) is 0 Å². The molecule has 2 aliphatic carbocycles. The largest absolute Gasteiger partial charge is 0.494 e. The number of hydrogen-bond donors (Lipinski definition) is 3. The van der Waals surface area contributed by atoms with Crippen LogP contribution in [0.5, 0.6) is 5.75 Å². The van der Waals surface area contributed by atoms with Gasteiger partial charge < -0.3 is 9.84 Å². The summed E-state index contributed by atoms with van der Waals surface area (Å²) >= 11 is 0. The number of rotatable bonds is 7. The molecule has 7 heteroatoms. The monoisotopic (exact) mass is 374 g/mol. The van der Waals surface area contributed by atoms with Crippen molar-refractivity contribution in [1.29, 1.82) is 0 Å². The Balaban J connectivity index is 1.53. The summed E-state index contributed by atoms with van der Waals surface area (Å²) in [5.41, 5.74) is 5.20. The van der Waals surface area contributed by atoms with Gasteiger partial charge >= 0.3 is 5.97 Å². The van der Waals surface area contributed by atoms with Gasteiger partial charge in [0, 0.05) is 5.56 Å². The van der Waals surface area contributed by atoms with Crippen molar-refractivity contribution >= 4 is 17.8 Å². The average molecular weight is 374 g/mol. The number of carbonyl (C=O) groups is 3. The van der Waals surface area contributed by atoms with Gasteiger partial charge in [-0.05, 0) is 61.8 Å². The molecule has 0 saturated heterocycles. The van der Waals surface area contributed by atoms with Crippen molar-refractivity contribution in [2.24, 2.45) is 23.7 Å². The Hall–Kier alpha value is -2.57. The summed E-state index contributed by atoms with van der Waals surface area (Å²) < 4.78 is 5.55. The predicted octanol–water partition coefficient (Wildman–Crippen LogP) is 2.37. The minimum absolute atomic E-state index is 0.0687. The number of fused-ring (bicyclic) bond motifs is 2. The lowest BCUT2D eigenvalue weighted by Crippen LogP contribution is -2.48. The van der Waals surface area contributed by atoms with Gasteiger partial charge in [0.15, 0.2) is 0 Å². The van der Waals surface area contributed by atoms with E-state index in [0.717, 1.165) is 32.1 Å². The molecule has 2 fully saturated rings. The maximum absolute atomic E-state index is 12.5. The fourth-order valence-electron chi connectivity index (χ4n) is 4.33. The number of nitrogens with one attached hydrogen (secondary N) is 2. The lowest BCUT2D eigenvalue weighted by molar-refractivity contribution is -0.149. The first-order valence-corrected chi connectivity index (χ1v) is 9.57. The fraction of sp³-hybridized carbons (Fsp3) is 0.550. The number of ether oxygens (including phenoxy) is 1.